The molecule has 0 saturated heterocycles. The number of rotatable bonds is 4. The van der Waals surface area contributed by atoms with E-state index >= 15 is 0 Å². The number of carbonyl (C=O) groups is 1. The van der Waals surface area contributed by atoms with Gasteiger partial charge in [-0.05, 0) is 54.7 Å². The van der Waals surface area contributed by atoms with Gasteiger partial charge in [0.25, 0.3) is 10.1 Å². The summed E-state index contributed by atoms with van der Waals surface area (Å²) >= 11 is 1.26. The molecule has 2 aromatic carbocycles. The predicted octanol–water partition coefficient (Wildman–Crippen LogP) is 4.08. The molecular formula is C19H16N4O4S2. The van der Waals surface area contributed by atoms with Crippen LogP contribution in [0.1, 0.15) is 27.9 Å². The molecular weight excluding hydrogens is 412 g/mol. The quantitative estimate of drug-likeness (QED) is 0.381. The van der Waals surface area contributed by atoms with Gasteiger partial charge >= 0.3 is 0 Å². The van der Waals surface area contributed by atoms with E-state index in [1.165, 1.54) is 11.3 Å². The minimum Gasteiger partial charge on any atom is -0.371 e. The smallest absolute Gasteiger partial charge is 0.297 e. The van der Waals surface area contributed by atoms with Gasteiger partial charge in [-0.3, -0.25) is 9.35 Å². The third-order valence-corrected chi connectivity index (χ3v) is 7.14. The van der Waals surface area contributed by atoms with Gasteiger partial charge in [-0.2, -0.15) is 8.42 Å². The first-order chi connectivity index (χ1) is 13.9. The maximum Gasteiger partial charge on any atom is 0.297 e. The van der Waals surface area contributed by atoms with E-state index in [1.807, 2.05) is 0 Å². The number of carbonyl (C=O) groups excluding carboxylic acids is 1. The van der Waals surface area contributed by atoms with Crippen molar-refractivity contribution >= 4 is 54.5 Å². The number of anilines is 1. The van der Waals surface area contributed by atoms with E-state index < -0.39 is 10.1 Å². The van der Waals surface area contributed by atoms with Crippen molar-refractivity contribution in [3.8, 4) is 0 Å². The van der Waals surface area contributed by atoms with Crippen molar-refractivity contribution in [3.63, 3.8) is 0 Å². The van der Waals surface area contributed by atoms with Gasteiger partial charge in [0.15, 0.2) is 0 Å². The van der Waals surface area contributed by atoms with Gasteiger partial charge in [0.1, 0.15) is 16.9 Å². The van der Waals surface area contributed by atoms with Gasteiger partial charge < -0.3 is 4.90 Å². The minimum absolute atomic E-state index is 0.137. The maximum absolute atomic E-state index is 12.2. The summed E-state index contributed by atoms with van der Waals surface area (Å²) in [6.07, 6.45) is 2.98. The van der Waals surface area contributed by atoms with Crippen molar-refractivity contribution in [2.45, 2.75) is 24.2 Å². The van der Waals surface area contributed by atoms with E-state index in [4.69, 9.17) is 0 Å². The second kappa shape index (κ2) is 6.68. The summed E-state index contributed by atoms with van der Waals surface area (Å²) in [5.41, 5.74) is 3.94. The molecule has 3 aromatic rings. The van der Waals surface area contributed by atoms with Crippen LogP contribution in [0.5, 0.6) is 0 Å². The highest BCUT2D eigenvalue weighted by molar-refractivity contribution is 7.86. The van der Waals surface area contributed by atoms with Gasteiger partial charge in [-0.1, -0.05) is 11.3 Å². The second-order valence-electron chi connectivity index (χ2n) is 7.07. The van der Waals surface area contributed by atoms with E-state index in [0.29, 0.717) is 28.2 Å². The normalized spacial score (nSPS) is 16.0. The summed E-state index contributed by atoms with van der Waals surface area (Å²) in [5.74, 6) is 0. The molecule has 0 fully saturated rings. The molecule has 0 atom stereocenters. The molecule has 0 spiro atoms. The number of aldehydes is 1. The fourth-order valence-electron chi connectivity index (χ4n) is 4.11. The van der Waals surface area contributed by atoms with Crippen LogP contribution in [0.25, 0.3) is 10.2 Å². The molecule has 1 aromatic heterocycles. The Morgan fingerprint density at radius 3 is 2.83 bits per heavy atom. The van der Waals surface area contributed by atoms with Crippen LogP contribution in [-0.2, 0) is 23.0 Å². The Labute approximate surface area is 170 Å². The third kappa shape index (κ3) is 3.13. The SMILES string of the molecule is O=Cc1ccc2nc(N=Nc3cc4c5c(c3S(=O)(=O)O)CCCN5CC4)sc2c1. The number of nitrogens with zero attached hydrogens (tertiary/aromatic N) is 4. The Morgan fingerprint density at radius 1 is 1.17 bits per heavy atom. The molecule has 0 bridgehead atoms. The molecule has 1 N–H and O–H groups in total. The Bertz CT molecular complexity index is 1300. The zero-order chi connectivity index (χ0) is 20.2. The van der Waals surface area contributed by atoms with Crippen LogP contribution < -0.4 is 4.90 Å². The Hall–Kier alpha value is -2.69. The number of thiazole rings is 1. The zero-order valence-electron chi connectivity index (χ0n) is 15.2. The summed E-state index contributed by atoms with van der Waals surface area (Å²) in [7, 11) is -4.46. The first-order valence-electron chi connectivity index (χ1n) is 9.13. The second-order valence-corrected chi connectivity index (χ2v) is 9.44. The Morgan fingerprint density at radius 2 is 2.03 bits per heavy atom. The van der Waals surface area contributed by atoms with Crippen molar-refractivity contribution in [2.24, 2.45) is 10.2 Å². The van der Waals surface area contributed by atoms with Crippen molar-refractivity contribution < 1.29 is 17.8 Å². The molecule has 3 heterocycles. The van der Waals surface area contributed by atoms with Crippen LogP contribution >= 0.6 is 11.3 Å². The lowest BCUT2D eigenvalue weighted by atomic mass is 9.99. The van der Waals surface area contributed by atoms with Gasteiger partial charge in [0.2, 0.25) is 5.13 Å². The maximum atomic E-state index is 12.2. The summed E-state index contributed by atoms with van der Waals surface area (Å²) in [6, 6.07) is 6.82. The molecule has 5 rings (SSSR count). The lowest BCUT2D eigenvalue weighted by Crippen LogP contribution is -2.27. The molecule has 148 valence electrons. The fraction of sp³-hybridized carbons (Fsp3) is 0.263. The van der Waals surface area contributed by atoms with Crippen LogP contribution in [0.3, 0.4) is 0 Å². The average molecular weight is 428 g/mol. The van der Waals surface area contributed by atoms with Crippen LogP contribution in [0.2, 0.25) is 0 Å². The minimum atomic E-state index is -4.46. The molecule has 0 saturated carbocycles. The largest absolute Gasteiger partial charge is 0.371 e. The summed E-state index contributed by atoms with van der Waals surface area (Å²) < 4.78 is 35.0. The molecule has 29 heavy (non-hydrogen) atoms. The highest BCUT2D eigenvalue weighted by Crippen LogP contribution is 2.44. The molecule has 10 heteroatoms. The number of hydrogen-bond acceptors (Lipinski definition) is 8. The molecule has 2 aliphatic rings. The fourth-order valence-corrected chi connectivity index (χ4v) is 5.82. The Balaban J connectivity index is 1.62. The number of fused-ring (bicyclic) bond motifs is 1. The molecule has 0 aliphatic carbocycles. The summed E-state index contributed by atoms with van der Waals surface area (Å²) in [6.45, 7) is 1.73. The van der Waals surface area contributed by atoms with Crippen molar-refractivity contribution in [2.75, 3.05) is 18.0 Å². The monoisotopic (exact) mass is 428 g/mol. The van der Waals surface area contributed by atoms with Gasteiger partial charge in [-0.15, -0.1) is 10.2 Å². The zero-order valence-corrected chi connectivity index (χ0v) is 16.8. The molecule has 0 unspecified atom stereocenters. The summed E-state index contributed by atoms with van der Waals surface area (Å²) in [4.78, 5) is 17.3. The molecule has 8 nitrogen and oxygen atoms in total. The van der Waals surface area contributed by atoms with Crippen molar-refractivity contribution in [1.29, 1.82) is 0 Å². The lowest BCUT2D eigenvalue weighted by Gasteiger charge is -2.28. The van der Waals surface area contributed by atoms with Gasteiger partial charge in [-0.25, -0.2) is 4.98 Å². The van der Waals surface area contributed by atoms with E-state index in [2.05, 4.69) is 20.1 Å². The summed E-state index contributed by atoms with van der Waals surface area (Å²) in [5, 5.41) is 8.65. The van der Waals surface area contributed by atoms with Crippen molar-refractivity contribution in [1.82, 2.24) is 4.98 Å². The highest BCUT2D eigenvalue weighted by atomic mass is 32.2. The standard InChI is InChI=1S/C19H16N4O4S2/c24-10-11-3-4-14-16(8-11)28-19(20-14)22-21-15-9-12-5-7-23-6-1-2-13(17(12)23)18(15)29(25,26)27/h3-4,8-10H,1-2,5-7H2,(H,25,26,27). The number of aromatic nitrogens is 1. The lowest BCUT2D eigenvalue weighted by molar-refractivity contribution is 0.112. The van der Waals surface area contributed by atoms with Crippen LogP contribution in [0.4, 0.5) is 16.5 Å². The van der Waals surface area contributed by atoms with Gasteiger partial charge in [0, 0.05) is 24.3 Å². The number of benzene rings is 2. The molecule has 2 aliphatic heterocycles. The topological polar surface area (TPSA) is 112 Å². The number of hydrogen-bond donors (Lipinski definition) is 1. The first-order valence-corrected chi connectivity index (χ1v) is 11.4. The van der Waals surface area contributed by atoms with Crippen LogP contribution in [0.15, 0.2) is 39.4 Å². The van der Waals surface area contributed by atoms with E-state index in [9.17, 15) is 17.8 Å². The van der Waals surface area contributed by atoms with Crippen LogP contribution in [-0.4, -0.2) is 37.3 Å². The first kappa shape index (κ1) is 18.3. The van der Waals surface area contributed by atoms with E-state index in [-0.39, 0.29) is 10.6 Å². The number of azo groups is 1. The van der Waals surface area contributed by atoms with E-state index in [1.54, 1.807) is 24.3 Å². The predicted molar refractivity (Wildman–Crippen MR) is 110 cm³/mol. The van der Waals surface area contributed by atoms with Crippen LogP contribution in [0, 0.1) is 0 Å². The average Bonchev–Trinajstić information content (AvgIpc) is 3.29. The van der Waals surface area contributed by atoms with Crippen molar-refractivity contribution in [3.05, 3.63) is 41.0 Å². The Kier molecular flexibility index (Phi) is 4.23. The van der Waals surface area contributed by atoms with Gasteiger partial charge in [0.05, 0.1) is 10.2 Å². The molecule has 0 amide bonds. The molecule has 0 radical (unpaired) electrons. The highest BCUT2D eigenvalue weighted by Gasteiger charge is 2.33. The third-order valence-electron chi connectivity index (χ3n) is 5.27. The van der Waals surface area contributed by atoms with E-state index in [0.717, 1.165) is 48.2 Å².